The molecular weight excluding hydrogens is 282 g/mol. The number of carbonyl (C=O) groups excluding carboxylic acids is 1. The predicted octanol–water partition coefficient (Wildman–Crippen LogP) is 3.22. The number of benzene rings is 2. The van der Waals surface area contributed by atoms with Crippen LogP contribution in [0.5, 0.6) is 0 Å². The van der Waals surface area contributed by atoms with E-state index in [1.54, 1.807) is 36.4 Å². The molecule has 5 heteroatoms. The minimum Gasteiger partial charge on any atom is -0.453 e. The summed E-state index contributed by atoms with van der Waals surface area (Å²) >= 11 is 0. The van der Waals surface area contributed by atoms with E-state index in [9.17, 15) is 9.59 Å². The van der Waals surface area contributed by atoms with Crippen LogP contribution in [0.25, 0.3) is 22.1 Å². The van der Waals surface area contributed by atoms with Gasteiger partial charge in [-0.2, -0.15) is 0 Å². The Bertz CT molecular complexity index is 1020. The van der Waals surface area contributed by atoms with Crippen molar-refractivity contribution in [3.05, 3.63) is 70.9 Å². The summed E-state index contributed by atoms with van der Waals surface area (Å²) in [5.41, 5.74) is 1.71. The maximum absolute atomic E-state index is 12.4. The van der Waals surface area contributed by atoms with Gasteiger partial charge in [0.05, 0.1) is 12.1 Å². The van der Waals surface area contributed by atoms with Gasteiger partial charge >= 0.3 is 5.76 Å². The Morgan fingerprint density at radius 3 is 2.50 bits per heavy atom. The lowest BCUT2D eigenvalue weighted by molar-refractivity contribution is 0.0945. The largest absolute Gasteiger partial charge is 0.453 e. The highest BCUT2D eigenvalue weighted by molar-refractivity contribution is 5.97. The Morgan fingerprint density at radius 1 is 0.955 bits per heavy atom. The Labute approximate surface area is 124 Å². The molecule has 0 atom stereocenters. The van der Waals surface area contributed by atoms with Gasteiger partial charge < -0.3 is 8.83 Å². The molecule has 0 amide bonds. The number of ketones is 1. The van der Waals surface area contributed by atoms with E-state index in [0.717, 1.165) is 5.39 Å². The fourth-order valence-electron chi connectivity index (χ4n) is 2.50. The number of rotatable bonds is 3. The van der Waals surface area contributed by atoms with Crippen molar-refractivity contribution in [1.29, 1.82) is 0 Å². The molecule has 108 valence electrons. The molecule has 2 heterocycles. The molecule has 2 aromatic carbocycles. The average molecular weight is 293 g/mol. The molecule has 0 bridgehead atoms. The second kappa shape index (κ2) is 4.73. The van der Waals surface area contributed by atoms with Crippen LogP contribution in [0, 0.1) is 0 Å². The van der Waals surface area contributed by atoms with Crippen LogP contribution in [-0.4, -0.2) is 10.4 Å². The third-order valence-electron chi connectivity index (χ3n) is 3.58. The fraction of sp³-hybridized carbons (Fsp3) is 0.0588. The second-order valence-corrected chi connectivity index (χ2v) is 4.99. The van der Waals surface area contributed by atoms with Crippen molar-refractivity contribution in [2.24, 2.45) is 0 Å². The van der Waals surface area contributed by atoms with E-state index in [-0.39, 0.29) is 18.1 Å². The molecule has 0 aliphatic carbocycles. The number of nitrogens with zero attached hydrogens (tertiary/aromatic N) is 1. The summed E-state index contributed by atoms with van der Waals surface area (Å²) < 4.78 is 12.0. The number of carbonyl (C=O) groups is 1. The van der Waals surface area contributed by atoms with Gasteiger partial charge in [-0.05, 0) is 24.3 Å². The molecule has 0 aliphatic heterocycles. The van der Waals surface area contributed by atoms with Crippen molar-refractivity contribution in [2.75, 3.05) is 0 Å². The number of hydrogen-bond acceptors (Lipinski definition) is 4. The monoisotopic (exact) mass is 293 g/mol. The number of aromatic nitrogens is 1. The standard InChI is InChI=1S/C17H11NO4/c19-13(16-9-11-5-1-3-7-14(11)21-16)10-18-12-6-2-4-8-15(12)22-17(18)20/h1-9H,10H2. The van der Waals surface area contributed by atoms with E-state index in [4.69, 9.17) is 8.83 Å². The number of oxazole rings is 1. The first-order chi connectivity index (χ1) is 10.7. The third kappa shape index (κ3) is 1.95. The van der Waals surface area contributed by atoms with Crippen molar-refractivity contribution >= 4 is 27.9 Å². The highest BCUT2D eigenvalue weighted by atomic mass is 16.4. The van der Waals surface area contributed by atoms with Gasteiger partial charge in [0.2, 0.25) is 5.78 Å². The van der Waals surface area contributed by atoms with Crippen LogP contribution in [-0.2, 0) is 6.54 Å². The number of fused-ring (bicyclic) bond motifs is 2. The van der Waals surface area contributed by atoms with Crippen LogP contribution in [0.2, 0.25) is 0 Å². The van der Waals surface area contributed by atoms with Gasteiger partial charge in [-0.3, -0.25) is 9.36 Å². The van der Waals surface area contributed by atoms with Crippen molar-refractivity contribution in [2.45, 2.75) is 6.54 Å². The lowest BCUT2D eigenvalue weighted by atomic mass is 10.2. The molecule has 0 spiro atoms. The van der Waals surface area contributed by atoms with Gasteiger partial charge in [-0.15, -0.1) is 0 Å². The topological polar surface area (TPSA) is 65.3 Å². The summed E-state index contributed by atoms with van der Waals surface area (Å²) in [6, 6.07) is 16.1. The van der Waals surface area contributed by atoms with Gasteiger partial charge in [0.1, 0.15) is 5.58 Å². The normalized spacial score (nSPS) is 11.3. The first-order valence-electron chi connectivity index (χ1n) is 6.82. The molecule has 0 unspecified atom stereocenters. The van der Waals surface area contributed by atoms with Gasteiger partial charge in [0.15, 0.2) is 11.3 Å². The van der Waals surface area contributed by atoms with Crippen LogP contribution < -0.4 is 5.76 Å². The highest BCUT2D eigenvalue weighted by Crippen LogP contribution is 2.20. The molecule has 22 heavy (non-hydrogen) atoms. The summed E-state index contributed by atoms with van der Waals surface area (Å²) in [7, 11) is 0. The maximum atomic E-state index is 12.4. The summed E-state index contributed by atoms with van der Waals surface area (Å²) in [6.45, 7) is -0.115. The number of Topliss-reactive ketones (excluding diaryl/α,β-unsaturated/α-hetero) is 1. The molecule has 4 aromatic rings. The molecule has 0 fully saturated rings. The Kier molecular flexibility index (Phi) is 2.72. The van der Waals surface area contributed by atoms with E-state index in [1.807, 2.05) is 18.2 Å². The molecule has 0 radical (unpaired) electrons. The predicted molar refractivity (Wildman–Crippen MR) is 81.0 cm³/mol. The zero-order chi connectivity index (χ0) is 15.1. The number of para-hydroxylation sites is 3. The Hall–Kier alpha value is -3.08. The van der Waals surface area contributed by atoms with Gasteiger partial charge in [0.25, 0.3) is 0 Å². The third-order valence-corrected chi connectivity index (χ3v) is 3.58. The molecule has 5 nitrogen and oxygen atoms in total. The lowest BCUT2D eigenvalue weighted by Crippen LogP contribution is -2.19. The average Bonchev–Trinajstić information content (AvgIpc) is 3.09. The molecule has 0 aliphatic rings. The van der Waals surface area contributed by atoms with Crippen LogP contribution in [0.4, 0.5) is 0 Å². The van der Waals surface area contributed by atoms with Crippen LogP contribution in [0.15, 0.2) is 68.2 Å². The van der Waals surface area contributed by atoms with Crippen LogP contribution in [0.3, 0.4) is 0 Å². The van der Waals surface area contributed by atoms with Crippen molar-refractivity contribution in [3.63, 3.8) is 0 Å². The van der Waals surface area contributed by atoms with Crippen LogP contribution >= 0.6 is 0 Å². The summed E-state index contributed by atoms with van der Waals surface area (Å²) in [5, 5.41) is 0.857. The molecule has 0 saturated carbocycles. The van der Waals surface area contributed by atoms with Crippen LogP contribution in [0.1, 0.15) is 10.6 Å². The van der Waals surface area contributed by atoms with Gasteiger partial charge in [0, 0.05) is 5.39 Å². The second-order valence-electron chi connectivity index (χ2n) is 4.99. The fourth-order valence-corrected chi connectivity index (χ4v) is 2.50. The smallest absolute Gasteiger partial charge is 0.420 e. The minimum atomic E-state index is -0.550. The summed E-state index contributed by atoms with van der Waals surface area (Å²) in [4.78, 5) is 24.3. The molecule has 0 N–H and O–H groups in total. The van der Waals surface area contributed by atoms with E-state index < -0.39 is 5.76 Å². The molecule has 0 saturated heterocycles. The first-order valence-corrected chi connectivity index (χ1v) is 6.82. The van der Waals surface area contributed by atoms with E-state index >= 15 is 0 Å². The van der Waals surface area contributed by atoms with Gasteiger partial charge in [-0.1, -0.05) is 30.3 Å². The zero-order valence-corrected chi connectivity index (χ0v) is 11.5. The van der Waals surface area contributed by atoms with Crippen molar-refractivity contribution < 1.29 is 13.6 Å². The summed E-state index contributed by atoms with van der Waals surface area (Å²) in [5.74, 6) is -0.589. The van der Waals surface area contributed by atoms with E-state index in [0.29, 0.717) is 16.7 Å². The summed E-state index contributed by atoms with van der Waals surface area (Å²) in [6.07, 6.45) is 0. The van der Waals surface area contributed by atoms with E-state index in [2.05, 4.69) is 0 Å². The quantitative estimate of drug-likeness (QED) is 0.544. The zero-order valence-electron chi connectivity index (χ0n) is 11.5. The van der Waals surface area contributed by atoms with Gasteiger partial charge in [-0.25, -0.2) is 4.79 Å². The molecular formula is C17H11NO4. The molecule has 4 rings (SSSR count). The lowest BCUT2D eigenvalue weighted by Gasteiger charge is -1.99. The highest BCUT2D eigenvalue weighted by Gasteiger charge is 2.16. The van der Waals surface area contributed by atoms with E-state index in [1.165, 1.54) is 4.57 Å². The first kappa shape index (κ1) is 12.6. The Balaban J connectivity index is 1.74. The minimum absolute atomic E-state index is 0.115. The van der Waals surface area contributed by atoms with Crippen molar-refractivity contribution in [3.8, 4) is 0 Å². The SMILES string of the molecule is O=C(Cn1c(=O)oc2ccccc21)c1cc2ccccc2o1. The molecule has 2 aromatic heterocycles. The maximum Gasteiger partial charge on any atom is 0.420 e. The Morgan fingerprint density at radius 2 is 1.68 bits per heavy atom. The number of furan rings is 1. The van der Waals surface area contributed by atoms with Crippen molar-refractivity contribution in [1.82, 2.24) is 4.57 Å². The number of hydrogen-bond donors (Lipinski definition) is 0.